The quantitative estimate of drug-likeness (QED) is 0.620. The standard InChI is InChI=1S/C14H11N3O2/c1-8-4-5-9(15)7-11(8)17-13(18)10-3-2-6-16-12(10)14(17)19/h2-7H,15H2,1H3. The number of nitrogen functional groups attached to an aromatic ring is 1. The van der Waals surface area contributed by atoms with Gasteiger partial charge in [0.05, 0.1) is 11.3 Å². The van der Waals surface area contributed by atoms with E-state index >= 15 is 0 Å². The first-order chi connectivity index (χ1) is 9.09. The highest BCUT2D eigenvalue weighted by Gasteiger charge is 2.38. The predicted octanol–water partition coefficient (Wildman–Crippen LogP) is 1.77. The van der Waals surface area contributed by atoms with Crippen molar-refractivity contribution in [1.29, 1.82) is 0 Å². The second-order valence-corrected chi connectivity index (χ2v) is 4.39. The van der Waals surface area contributed by atoms with Crippen LogP contribution in [0.5, 0.6) is 0 Å². The van der Waals surface area contributed by atoms with Crippen LogP contribution >= 0.6 is 0 Å². The van der Waals surface area contributed by atoms with E-state index in [1.165, 1.54) is 6.20 Å². The molecule has 19 heavy (non-hydrogen) atoms. The maximum Gasteiger partial charge on any atom is 0.284 e. The molecule has 2 N–H and O–H groups in total. The fourth-order valence-corrected chi connectivity index (χ4v) is 2.15. The lowest BCUT2D eigenvalue weighted by Crippen LogP contribution is -2.30. The first kappa shape index (κ1) is 11.4. The number of carbonyl (C=O) groups is 2. The van der Waals surface area contributed by atoms with Crippen LogP contribution in [-0.4, -0.2) is 16.8 Å². The Hall–Kier alpha value is -2.69. The molecular weight excluding hydrogens is 242 g/mol. The lowest BCUT2D eigenvalue weighted by atomic mass is 10.1. The molecule has 2 heterocycles. The molecule has 0 atom stereocenters. The summed E-state index contributed by atoms with van der Waals surface area (Å²) in [5, 5.41) is 0. The second-order valence-electron chi connectivity index (χ2n) is 4.39. The van der Waals surface area contributed by atoms with Crippen molar-refractivity contribution in [3.63, 3.8) is 0 Å². The summed E-state index contributed by atoms with van der Waals surface area (Å²) in [6.45, 7) is 1.83. The fraction of sp³-hybridized carbons (Fsp3) is 0.0714. The van der Waals surface area contributed by atoms with Crippen molar-refractivity contribution in [2.45, 2.75) is 6.92 Å². The molecule has 0 unspecified atom stereocenters. The van der Waals surface area contributed by atoms with Gasteiger partial charge in [-0.15, -0.1) is 0 Å². The molecule has 0 fully saturated rings. The van der Waals surface area contributed by atoms with E-state index in [0.29, 0.717) is 16.9 Å². The molecule has 0 aliphatic carbocycles. The first-order valence-electron chi connectivity index (χ1n) is 5.79. The summed E-state index contributed by atoms with van der Waals surface area (Å²) in [7, 11) is 0. The Morgan fingerprint density at radius 1 is 1.16 bits per heavy atom. The van der Waals surface area contributed by atoms with Crippen LogP contribution in [0.3, 0.4) is 0 Å². The summed E-state index contributed by atoms with van der Waals surface area (Å²) >= 11 is 0. The van der Waals surface area contributed by atoms with E-state index in [9.17, 15) is 9.59 Å². The van der Waals surface area contributed by atoms with E-state index < -0.39 is 5.91 Å². The average Bonchev–Trinajstić information content (AvgIpc) is 2.66. The highest BCUT2D eigenvalue weighted by molar-refractivity contribution is 6.34. The summed E-state index contributed by atoms with van der Waals surface area (Å²) in [6, 6.07) is 8.37. The van der Waals surface area contributed by atoms with Crippen molar-refractivity contribution in [3.8, 4) is 0 Å². The van der Waals surface area contributed by atoms with Crippen molar-refractivity contribution in [2.75, 3.05) is 10.6 Å². The molecule has 0 spiro atoms. The number of hydrogen-bond donors (Lipinski definition) is 1. The van der Waals surface area contributed by atoms with Crippen molar-refractivity contribution < 1.29 is 9.59 Å². The summed E-state index contributed by atoms with van der Waals surface area (Å²) in [6.07, 6.45) is 1.50. The maximum absolute atomic E-state index is 12.3. The van der Waals surface area contributed by atoms with Gasteiger partial charge in [0, 0.05) is 11.9 Å². The van der Waals surface area contributed by atoms with Crippen molar-refractivity contribution in [3.05, 3.63) is 53.3 Å². The summed E-state index contributed by atoms with van der Waals surface area (Å²) in [5.41, 5.74) is 8.06. The van der Waals surface area contributed by atoms with E-state index in [0.717, 1.165) is 10.5 Å². The molecule has 5 nitrogen and oxygen atoms in total. The zero-order valence-corrected chi connectivity index (χ0v) is 10.3. The third-order valence-electron chi connectivity index (χ3n) is 3.12. The fourth-order valence-electron chi connectivity index (χ4n) is 2.15. The number of aromatic nitrogens is 1. The zero-order valence-electron chi connectivity index (χ0n) is 10.3. The molecule has 0 saturated carbocycles. The Balaban J connectivity index is 2.17. The molecular formula is C14H11N3O2. The number of rotatable bonds is 1. The topological polar surface area (TPSA) is 76.3 Å². The molecule has 3 rings (SSSR count). The molecule has 1 aromatic heterocycles. The number of nitrogens with zero attached hydrogens (tertiary/aromatic N) is 2. The van der Waals surface area contributed by atoms with Crippen LogP contribution in [0.15, 0.2) is 36.5 Å². The minimum Gasteiger partial charge on any atom is -0.399 e. The largest absolute Gasteiger partial charge is 0.399 e. The van der Waals surface area contributed by atoms with Gasteiger partial charge in [-0.25, -0.2) is 4.90 Å². The lowest BCUT2D eigenvalue weighted by molar-refractivity contribution is 0.0924. The normalized spacial score (nSPS) is 13.8. The number of anilines is 2. The van der Waals surface area contributed by atoms with Gasteiger partial charge in [0.2, 0.25) is 0 Å². The Bertz CT molecular complexity index is 675. The molecule has 0 radical (unpaired) electrons. The van der Waals surface area contributed by atoms with Gasteiger partial charge in [-0.05, 0) is 36.8 Å². The molecule has 1 aliphatic rings. The van der Waals surface area contributed by atoms with Gasteiger partial charge in [-0.2, -0.15) is 0 Å². The maximum atomic E-state index is 12.3. The second kappa shape index (κ2) is 3.91. The van der Waals surface area contributed by atoms with Gasteiger partial charge >= 0.3 is 0 Å². The number of benzene rings is 1. The number of fused-ring (bicyclic) bond motifs is 1. The van der Waals surface area contributed by atoms with Crippen LogP contribution in [0, 0.1) is 6.92 Å². The number of nitrogens with two attached hydrogens (primary N) is 1. The van der Waals surface area contributed by atoms with Crippen molar-refractivity contribution >= 4 is 23.2 Å². The predicted molar refractivity (Wildman–Crippen MR) is 71.0 cm³/mol. The SMILES string of the molecule is Cc1ccc(N)cc1N1C(=O)c2cccnc2C1=O. The molecule has 1 aliphatic heterocycles. The smallest absolute Gasteiger partial charge is 0.284 e. The molecule has 2 aromatic rings. The van der Waals surface area contributed by atoms with Gasteiger partial charge < -0.3 is 5.73 Å². The van der Waals surface area contributed by atoms with Crippen LogP contribution in [0.4, 0.5) is 11.4 Å². The summed E-state index contributed by atoms with van der Waals surface area (Å²) in [5.74, 6) is -0.767. The van der Waals surface area contributed by atoms with E-state index in [4.69, 9.17) is 5.73 Å². The molecule has 2 amide bonds. The van der Waals surface area contributed by atoms with Gasteiger partial charge in [-0.3, -0.25) is 14.6 Å². The summed E-state index contributed by atoms with van der Waals surface area (Å²) in [4.78, 5) is 29.7. The molecule has 94 valence electrons. The van der Waals surface area contributed by atoms with Gasteiger partial charge in [0.1, 0.15) is 5.69 Å². The van der Waals surface area contributed by atoms with Gasteiger partial charge in [-0.1, -0.05) is 6.07 Å². The summed E-state index contributed by atoms with van der Waals surface area (Å²) < 4.78 is 0. The molecule has 0 saturated heterocycles. The van der Waals surface area contributed by atoms with Crippen LogP contribution in [0.25, 0.3) is 0 Å². The Morgan fingerprint density at radius 2 is 1.95 bits per heavy atom. The highest BCUT2D eigenvalue weighted by Crippen LogP contribution is 2.30. The first-order valence-corrected chi connectivity index (χ1v) is 5.79. The minimum atomic E-state index is -0.408. The lowest BCUT2D eigenvalue weighted by Gasteiger charge is -2.16. The third-order valence-corrected chi connectivity index (χ3v) is 3.12. The Labute approximate surface area is 109 Å². The number of imide groups is 1. The van der Waals surface area contributed by atoms with Crippen LogP contribution in [0.2, 0.25) is 0 Å². The Morgan fingerprint density at radius 3 is 2.68 bits per heavy atom. The Kier molecular flexibility index (Phi) is 2.35. The molecule has 0 bridgehead atoms. The molecule has 1 aromatic carbocycles. The zero-order chi connectivity index (χ0) is 13.6. The van der Waals surface area contributed by atoms with E-state index in [-0.39, 0.29) is 11.6 Å². The van der Waals surface area contributed by atoms with Crippen LogP contribution < -0.4 is 10.6 Å². The third kappa shape index (κ3) is 1.59. The number of hydrogen-bond acceptors (Lipinski definition) is 4. The van der Waals surface area contributed by atoms with Crippen molar-refractivity contribution in [2.24, 2.45) is 0 Å². The van der Waals surface area contributed by atoms with E-state index in [1.54, 1.807) is 30.3 Å². The van der Waals surface area contributed by atoms with Crippen molar-refractivity contribution in [1.82, 2.24) is 4.98 Å². The number of pyridine rings is 1. The highest BCUT2D eigenvalue weighted by atomic mass is 16.2. The van der Waals surface area contributed by atoms with Crippen LogP contribution in [0.1, 0.15) is 26.4 Å². The molecule has 5 heteroatoms. The minimum absolute atomic E-state index is 0.189. The average molecular weight is 253 g/mol. The number of aryl methyl sites for hydroxylation is 1. The van der Waals surface area contributed by atoms with E-state index in [2.05, 4.69) is 4.98 Å². The van der Waals surface area contributed by atoms with Gasteiger partial charge in [0.25, 0.3) is 11.8 Å². The number of amides is 2. The van der Waals surface area contributed by atoms with Crippen LogP contribution in [-0.2, 0) is 0 Å². The van der Waals surface area contributed by atoms with E-state index in [1.807, 2.05) is 6.92 Å². The monoisotopic (exact) mass is 253 g/mol. The number of carbonyl (C=O) groups excluding carboxylic acids is 2. The van der Waals surface area contributed by atoms with Gasteiger partial charge in [0.15, 0.2) is 0 Å².